The lowest BCUT2D eigenvalue weighted by molar-refractivity contribution is -0.640. The van der Waals surface area contributed by atoms with Crippen LogP contribution in [0.3, 0.4) is 0 Å². The predicted octanol–water partition coefficient (Wildman–Crippen LogP) is 5.27. The topological polar surface area (TPSA) is 129 Å². The number of halogens is 2. The van der Waals surface area contributed by atoms with E-state index in [1.807, 2.05) is 42.5 Å². The van der Waals surface area contributed by atoms with Gasteiger partial charge in [0.1, 0.15) is 30.0 Å². The Morgan fingerprint density at radius 3 is 2.59 bits per heavy atom. The third-order valence-corrected chi connectivity index (χ3v) is 7.29. The van der Waals surface area contributed by atoms with Crippen molar-refractivity contribution in [2.75, 3.05) is 18.5 Å². The van der Waals surface area contributed by atoms with Crippen LogP contribution in [0.5, 0.6) is 0 Å². The van der Waals surface area contributed by atoms with Crippen LogP contribution in [-0.2, 0) is 16.1 Å². The molecule has 4 heterocycles. The maximum absolute atomic E-state index is 12.2. The molecule has 6 aromatic rings. The average molecular weight is 629 g/mol. The van der Waals surface area contributed by atoms with Gasteiger partial charge >= 0.3 is 5.97 Å². The largest absolute Gasteiger partial charge is 0.594 e. The Labute approximate surface area is 260 Å². The standard InChI is InChI=1S/C16H13ClN2O.C15H9ClN4O4/c1-19-14-8-7-12(17)9-13(14)16(18-10-15(19)20)11-5-3-2-4-6-11;16-9-3-4-12-13(6-9)19-14(18-20(12)22)11(7-17-19)15(21)24-8-10-2-1-5-23-10/h2-9H,10H2,1H3;1-7H,8H2. The van der Waals surface area contributed by atoms with Crippen LogP contribution >= 0.6 is 23.2 Å². The van der Waals surface area contributed by atoms with Crippen molar-refractivity contribution in [2.45, 2.75) is 6.61 Å². The van der Waals surface area contributed by atoms with Gasteiger partial charge in [0.15, 0.2) is 0 Å². The number of carbonyl (C=O) groups is 2. The normalized spacial score (nSPS) is 12.8. The van der Waals surface area contributed by atoms with E-state index in [1.54, 1.807) is 42.3 Å². The first-order valence-corrected chi connectivity index (χ1v) is 14.0. The zero-order valence-corrected chi connectivity index (χ0v) is 24.6. The summed E-state index contributed by atoms with van der Waals surface area (Å²) in [5.41, 5.74) is 4.40. The predicted molar refractivity (Wildman–Crippen MR) is 164 cm³/mol. The van der Waals surface area contributed by atoms with Crippen LogP contribution in [-0.4, -0.2) is 45.9 Å². The lowest BCUT2D eigenvalue weighted by Gasteiger charge is -2.18. The fraction of sp³-hybridized carbons (Fsp3) is 0.0968. The highest BCUT2D eigenvalue weighted by molar-refractivity contribution is 6.32. The van der Waals surface area contributed by atoms with Gasteiger partial charge < -0.3 is 19.3 Å². The summed E-state index contributed by atoms with van der Waals surface area (Å²) in [6, 6.07) is 23.4. The number of carbonyl (C=O) groups excluding carboxylic acids is 2. The van der Waals surface area contributed by atoms with Crippen LogP contribution in [0.15, 0.2) is 101 Å². The van der Waals surface area contributed by atoms with Gasteiger partial charge in [0.2, 0.25) is 11.6 Å². The fourth-order valence-electron chi connectivity index (χ4n) is 4.64. The van der Waals surface area contributed by atoms with Crippen molar-refractivity contribution in [3.05, 3.63) is 129 Å². The number of aromatic nitrogens is 4. The second kappa shape index (κ2) is 12.2. The molecule has 0 aliphatic carbocycles. The highest BCUT2D eigenvalue weighted by Crippen LogP contribution is 2.28. The Kier molecular flexibility index (Phi) is 7.97. The van der Waals surface area contributed by atoms with Crippen LogP contribution in [0.2, 0.25) is 10.0 Å². The third-order valence-electron chi connectivity index (χ3n) is 6.82. The van der Waals surface area contributed by atoms with Crippen molar-refractivity contribution in [3.63, 3.8) is 0 Å². The van der Waals surface area contributed by atoms with Crippen LogP contribution in [0, 0.1) is 5.21 Å². The Bertz CT molecular complexity index is 2040. The number of benzodiazepines with no additional fused rings is 1. The van der Waals surface area contributed by atoms with Crippen molar-refractivity contribution in [1.82, 2.24) is 14.7 Å². The molecule has 3 aromatic heterocycles. The summed E-state index contributed by atoms with van der Waals surface area (Å²) in [5.74, 6) is -0.182. The van der Waals surface area contributed by atoms with Crippen LogP contribution in [0.4, 0.5) is 5.69 Å². The minimum atomic E-state index is -0.657. The molecule has 0 atom stereocenters. The molecule has 0 unspecified atom stereocenters. The number of ether oxygens (including phenoxy) is 1. The van der Waals surface area contributed by atoms with E-state index in [1.165, 1.54) is 23.0 Å². The van der Waals surface area contributed by atoms with Gasteiger partial charge in [-0.05, 0) is 47.3 Å². The second-order valence-corrected chi connectivity index (χ2v) is 10.5. The number of hydrogen-bond donors (Lipinski definition) is 0. The zero-order valence-electron chi connectivity index (χ0n) is 23.1. The number of anilines is 1. The number of aliphatic imine (C=N–C) groups is 1. The van der Waals surface area contributed by atoms with Gasteiger partial charge in [-0.15, -0.1) is 0 Å². The SMILES string of the molecule is CN1C(=O)CN=C(c2ccccc2)c2cc(Cl)ccc21.O=C(OCc1ccco1)c1cnn2c1n[n+]([O-])c1ccc(Cl)cc12. The first-order chi connectivity index (χ1) is 21.3. The fourth-order valence-corrected chi connectivity index (χ4v) is 4.98. The van der Waals surface area contributed by atoms with E-state index in [2.05, 4.69) is 15.2 Å². The van der Waals surface area contributed by atoms with Crippen LogP contribution in [0.25, 0.3) is 16.7 Å². The summed E-state index contributed by atoms with van der Waals surface area (Å²) in [6.07, 6.45) is 2.78. The van der Waals surface area contributed by atoms with Crippen molar-refractivity contribution in [2.24, 2.45) is 4.99 Å². The number of fused-ring (bicyclic) bond motifs is 4. The van der Waals surface area contributed by atoms with Gasteiger partial charge in [0, 0.05) is 39.4 Å². The quantitative estimate of drug-likeness (QED) is 0.148. The number of nitrogens with zero attached hydrogens (tertiary/aromatic N) is 6. The van der Waals surface area contributed by atoms with Crippen molar-refractivity contribution < 1.29 is 23.6 Å². The molecule has 0 fully saturated rings. The lowest BCUT2D eigenvalue weighted by atomic mass is 10.0. The molecule has 0 radical (unpaired) electrons. The molecule has 1 aliphatic heterocycles. The van der Waals surface area contributed by atoms with Gasteiger partial charge in [-0.25, -0.2) is 9.31 Å². The first kappa shape index (κ1) is 28.8. The van der Waals surface area contributed by atoms with Gasteiger partial charge in [-0.1, -0.05) is 53.5 Å². The monoisotopic (exact) mass is 628 g/mol. The Balaban J connectivity index is 0.000000159. The third kappa shape index (κ3) is 5.70. The molecule has 0 saturated carbocycles. The highest BCUT2D eigenvalue weighted by atomic mass is 35.5. The zero-order chi connectivity index (χ0) is 30.8. The molecule has 13 heteroatoms. The maximum Gasteiger partial charge on any atom is 0.344 e. The minimum Gasteiger partial charge on any atom is -0.594 e. The molecule has 7 rings (SSSR count). The Hall–Kier alpha value is -5.26. The summed E-state index contributed by atoms with van der Waals surface area (Å²) < 4.78 is 11.6. The molecule has 0 spiro atoms. The van der Waals surface area contributed by atoms with Gasteiger partial charge in [0.05, 0.1) is 23.9 Å². The maximum atomic E-state index is 12.2. The number of amides is 1. The summed E-state index contributed by atoms with van der Waals surface area (Å²) in [4.78, 5) is 30.8. The van der Waals surface area contributed by atoms with E-state index in [4.69, 9.17) is 32.4 Å². The summed E-state index contributed by atoms with van der Waals surface area (Å²) in [5, 5.41) is 21.1. The molecule has 1 amide bonds. The van der Waals surface area contributed by atoms with E-state index in [9.17, 15) is 14.8 Å². The van der Waals surface area contributed by atoms with Gasteiger partial charge in [-0.3, -0.25) is 9.79 Å². The van der Waals surface area contributed by atoms with Gasteiger partial charge in [0.25, 0.3) is 5.52 Å². The van der Waals surface area contributed by atoms with E-state index in [0.717, 1.165) is 22.5 Å². The highest BCUT2D eigenvalue weighted by Gasteiger charge is 2.23. The number of rotatable bonds is 4. The molecular weight excluding hydrogens is 607 g/mol. The molecule has 1 aliphatic rings. The number of benzene rings is 3. The molecule has 220 valence electrons. The van der Waals surface area contributed by atoms with Crippen LogP contribution in [0.1, 0.15) is 27.2 Å². The number of likely N-dealkylation sites (N-methyl/N-ethyl adjacent to an activating group) is 1. The summed E-state index contributed by atoms with van der Waals surface area (Å²) in [7, 11) is 1.76. The lowest BCUT2D eigenvalue weighted by Crippen LogP contribution is -2.33. The average Bonchev–Trinajstić information content (AvgIpc) is 3.69. The number of hydrogen-bond acceptors (Lipinski definition) is 8. The Morgan fingerprint density at radius 1 is 1.05 bits per heavy atom. The van der Waals surface area contributed by atoms with Crippen molar-refractivity contribution in [3.8, 4) is 0 Å². The minimum absolute atomic E-state index is 0.0278. The van der Waals surface area contributed by atoms with Crippen LogP contribution < -0.4 is 9.75 Å². The number of esters is 1. The molecule has 3 aromatic carbocycles. The van der Waals surface area contributed by atoms with E-state index in [-0.39, 0.29) is 35.8 Å². The Morgan fingerprint density at radius 2 is 1.82 bits per heavy atom. The van der Waals surface area contributed by atoms with Crippen molar-refractivity contribution >= 4 is 63.2 Å². The molecule has 44 heavy (non-hydrogen) atoms. The van der Waals surface area contributed by atoms with E-state index < -0.39 is 5.97 Å². The molecule has 0 N–H and O–H groups in total. The molecule has 0 saturated heterocycles. The molecule has 11 nitrogen and oxygen atoms in total. The van der Waals surface area contributed by atoms with Crippen molar-refractivity contribution in [1.29, 1.82) is 0 Å². The molecule has 0 bridgehead atoms. The van der Waals surface area contributed by atoms with Gasteiger partial charge in [-0.2, -0.15) is 5.10 Å². The summed E-state index contributed by atoms with van der Waals surface area (Å²) >= 11 is 12.1. The second-order valence-electron chi connectivity index (χ2n) is 9.60. The first-order valence-electron chi connectivity index (χ1n) is 13.2. The smallest absolute Gasteiger partial charge is 0.344 e. The number of furan rings is 1. The molecular formula is C31H22Cl2N6O5. The summed E-state index contributed by atoms with van der Waals surface area (Å²) in [6.45, 7) is 0.118. The van der Waals surface area contributed by atoms with E-state index in [0.29, 0.717) is 26.2 Å². The van der Waals surface area contributed by atoms with E-state index >= 15 is 0 Å².